The second kappa shape index (κ2) is 7.30. The molecule has 0 fully saturated rings. The smallest absolute Gasteiger partial charge is 0.146 e. The first-order valence-electron chi connectivity index (χ1n) is 6.87. The fourth-order valence-corrected chi connectivity index (χ4v) is 2.11. The zero-order chi connectivity index (χ0) is 15.1. The van der Waals surface area contributed by atoms with E-state index in [0.29, 0.717) is 36.7 Å². The number of likely N-dealkylation sites (N-methyl/N-ethyl adjacent to an activating group) is 1. The first-order valence-corrected chi connectivity index (χ1v) is 6.87. The van der Waals surface area contributed by atoms with Gasteiger partial charge in [-0.25, -0.2) is 4.39 Å². The Kier molecular flexibility index (Phi) is 5.16. The van der Waals surface area contributed by atoms with Gasteiger partial charge in [-0.15, -0.1) is 0 Å². The molecule has 0 spiro atoms. The summed E-state index contributed by atoms with van der Waals surface area (Å²) in [4.78, 5) is 1.91. The lowest BCUT2D eigenvalue weighted by Gasteiger charge is -2.23. The van der Waals surface area contributed by atoms with Crippen molar-refractivity contribution in [2.75, 3.05) is 24.6 Å². The number of ether oxygens (including phenoxy) is 1. The normalized spacial score (nSPS) is 9.95. The summed E-state index contributed by atoms with van der Waals surface area (Å²) in [5, 5.41) is 9.00. The molecule has 0 aromatic heterocycles. The Morgan fingerprint density at radius 2 is 1.86 bits per heavy atom. The van der Waals surface area contributed by atoms with E-state index in [0.717, 1.165) is 0 Å². The zero-order valence-electron chi connectivity index (χ0n) is 11.9. The van der Waals surface area contributed by atoms with Crippen LogP contribution in [0, 0.1) is 17.1 Å². The Labute approximate surface area is 124 Å². The third-order valence-electron chi connectivity index (χ3n) is 3.20. The molecule has 3 nitrogen and oxygen atoms in total. The fraction of sp³-hybridized carbons (Fsp3) is 0.235. The topological polar surface area (TPSA) is 36.3 Å². The minimum Gasteiger partial charge on any atom is -0.490 e. The van der Waals surface area contributed by atoms with E-state index in [1.54, 1.807) is 30.3 Å². The van der Waals surface area contributed by atoms with E-state index in [1.807, 2.05) is 24.0 Å². The summed E-state index contributed by atoms with van der Waals surface area (Å²) in [6.45, 7) is 3.60. The molecular formula is C17H17FN2O. The number of benzene rings is 2. The molecule has 0 amide bonds. The van der Waals surface area contributed by atoms with Crippen molar-refractivity contribution in [2.45, 2.75) is 6.92 Å². The molecule has 0 unspecified atom stereocenters. The lowest BCUT2D eigenvalue weighted by molar-refractivity contribution is 0.323. The Morgan fingerprint density at radius 3 is 2.57 bits per heavy atom. The molecule has 0 saturated carbocycles. The van der Waals surface area contributed by atoms with E-state index >= 15 is 0 Å². The molecule has 2 aromatic carbocycles. The highest BCUT2D eigenvalue weighted by molar-refractivity contribution is 5.47. The Bertz CT molecular complexity index is 637. The summed E-state index contributed by atoms with van der Waals surface area (Å²) in [7, 11) is 0. The number of para-hydroxylation sites is 2. The summed E-state index contributed by atoms with van der Waals surface area (Å²) in [5.74, 6) is 0.321. The molecule has 4 heteroatoms. The van der Waals surface area contributed by atoms with E-state index < -0.39 is 0 Å². The first kappa shape index (κ1) is 14.9. The number of nitriles is 1. The third kappa shape index (κ3) is 3.73. The van der Waals surface area contributed by atoms with Crippen LogP contribution >= 0.6 is 0 Å². The van der Waals surface area contributed by atoms with Crippen LogP contribution in [0.1, 0.15) is 12.5 Å². The van der Waals surface area contributed by atoms with Gasteiger partial charge in [0, 0.05) is 6.54 Å². The van der Waals surface area contributed by atoms with Crippen molar-refractivity contribution in [3.63, 3.8) is 0 Å². The lowest BCUT2D eigenvalue weighted by Crippen LogP contribution is -2.28. The van der Waals surface area contributed by atoms with E-state index in [9.17, 15) is 4.39 Å². The van der Waals surface area contributed by atoms with E-state index in [2.05, 4.69) is 6.07 Å². The second-order valence-corrected chi connectivity index (χ2v) is 4.49. The van der Waals surface area contributed by atoms with Gasteiger partial charge in [0.15, 0.2) is 0 Å². The number of hydrogen-bond acceptors (Lipinski definition) is 3. The molecule has 0 aliphatic rings. The summed E-state index contributed by atoms with van der Waals surface area (Å²) < 4.78 is 19.4. The van der Waals surface area contributed by atoms with Crippen LogP contribution in [-0.2, 0) is 0 Å². The molecule has 0 bridgehead atoms. The van der Waals surface area contributed by atoms with E-state index in [1.165, 1.54) is 6.07 Å². The summed E-state index contributed by atoms with van der Waals surface area (Å²) >= 11 is 0. The maximum Gasteiger partial charge on any atom is 0.146 e. The Hall–Kier alpha value is -2.54. The molecule has 2 rings (SSSR count). The first-order chi connectivity index (χ1) is 10.3. The number of anilines is 1. The number of halogens is 1. The van der Waals surface area contributed by atoms with Gasteiger partial charge in [0.25, 0.3) is 0 Å². The number of rotatable bonds is 6. The molecule has 0 N–H and O–H groups in total. The van der Waals surface area contributed by atoms with Crippen molar-refractivity contribution >= 4 is 5.69 Å². The molecule has 0 aliphatic carbocycles. The number of nitrogens with zero attached hydrogens (tertiary/aromatic N) is 2. The van der Waals surface area contributed by atoms with Crippen LogP contribution in [0.4, 0.5) is 10.1 Å². The highest BCUT2D eigenvalue weighted by Crippen LogP contribution is 2.19. The quantitative estimate of drug-likeness (QED) is 0.813. The molecule has 108 valence electrons. The zero-order valence-corrected chi connectivity index (χ0v) is 11.9. The average Bonchev–Trinajstić information content (AvgIpc) is 2.53. The van der Waals surface area contributed by atoms with Crippen molar-refractivity contribution < 1.29 is 9.13 Å². The van der Waals surface area contributed by atoms with Gasteiger partial charge in [-0.1, -0.05) is 24.3 Å². The van der Waals surface area contributed by atoms with E-state index in [-0.39, 0.29) is 5.82 Å². The van der Waals surface area contributed by atoms with Gasteiger partial charge in [0.1, 0.15) is 24.2 Å². The molecule has 0 aliphatic heterocycles. The third-order valence-corrected chi connectivity index (χ3v) is 3.20. The van der Waals surface area contributed by atoms with Gasteiger partial charge in [0.05, 0.1) is 17.8 Å². The standard InChI is InChI=1S/C17H17FN2O/c1-2-20(16-9-5-4-8-15(16)18)11-12-21-17-10-6-3-7-14(17)13-19/h3-10H,2,11-12H2,1H3. The molecule has 0 atom stereocenters. The highest BCUT2D eigenvalue weighted by Gasteiger charge is 2.09. The molecule has 0 heterocycles. The average molecular weight is 284 g/mol. The maximum absolute atomic E-state index is 13.8. The van der Waals surface area contributed by atoms with E-state index in [4.69, 9.17) is 10.00 Å². The minimum absolute atomic E-state index is 0.239. The van der Waals surface area contributed by atoms with Gasteiger partial charge in [0.2, 0.25) is 0 Å². The predicted octanol–water partition coefficient (Wildman–Crippen LogP) is 3.60. The number of hydrogen-bond donors (Lipinski definition) is 0. The maximum atomic E-state index is 13.8. The van der Waals surface area contributed by atoms with Crippen molar-refractivity contribution in [3.8, 4) is 11.8 Å². The summed E-state index contributed by atoms with van der Waals surface area (Å²) in [6.07, 6.45) is 0. The highest BCUT2D eigenvalue weighted by atomic mass is 19.1. The van der Waals surface area contributed by atoms with Gasteiger partial charge >= 0.3 is 0 Å². The van der Waals surface area contributed by atoms with Crippen molar-refractivity contribution in [1.82, 2.24) is 0 Å². The van der Waals surface area contributed by atoms with Gasteiger partial charge in [-0.05, 0) is 31.2 Å². The summed E-state index contributed by atoms with van der Waals surface area (Å²) in [5.41, 5.74) is 1.07. The SMILES string of the molecule is CCN(CCOc1ccccc1C#N)c1ccccc1F. The largest absolute Gasteiger partial charge is 0.490 e. The molecule has 2 aromatic rings. The van der Waals surface area contributed by atoms with Gasteiger partial charge in [-0.2, -0.15) is 5.26 Å². The molecular weight excluding hydrogens is 267 g/mol. The van der Waals surface area contributed by atoms with Gasteiger partial charge in [-0.3, -0.25) is 0 Å². The van der Waals surface area contributed by atoms with Crippen LogP contribution in [0.3, 0.4) is 0 Å². The van der Waals surface area contributed by atoms with Crippen molar-refractivity contribution in [2.24, 2.45) is 0 Å². The van der Waals surface area contributed by atoms with Crippen molar-refractivity contribution in [1.29, 1.82) is 5.26 Å². The minimum atomic E-state index is -0.239. The Balaban J connectivity index is 1.99. The predicted molar refractivity (Wildman–Crippen MR) is 80.9 cm³/mol. The molecule has 0 radical (unpaired) electrons. The van der Waals surface area contributed by atoms with Crippen LogP contribution in [-0.4, -0.2) is 19.7 Å². The van der Waals surface area contributed by atoms with Crippen LogP contribution < -0.4 is 9.64 Å². The van der Waals surface area contributed by atoms with Crippen LogP contribution in [0.2, 0.25) is 0 Å². The fourth-order valence-electron chi connectivity index (χ4n) is 2.11. The Morgan fingerprint density at radius 1 is 1.14 bits per heavy atom. The monoisotopic (exact) mass is 284 g/mol. The molecule has 21 heavy (non-hydrogen) atoms. The molecule has 0 saturated heterocycles. The van der Waals surface area contributed by atoms with Crippen LogP contribution in [0.5, 0.6) is 5.75 Å². The summed E-state index contributed by atoms with van der Waals surface area (Å²) in [6, 6.07) is 15.9. The van der Waals surface area contributed by atoms with Crippen LogP contribution in [0.25, 0.3) is 0 Å². The second-order valence-electron chi connectivity index (χ2n) is 4.49. The lowest BCUT2D eigenvalue weighted by atomic mass is 10.2. The van der Waals surface area contributed by atoms with Crippen molar-refractivity contribution in [3.05, 3.63) is 59.9 Å². The van der Waals surface area contributed by atoms with Crippen LogP contribution in [0.15, 0.2) is 48.5 Å². The van der Waals surface area contributed by atoms with Gasteiger partial charge < -0.3 is 9.64 Å².